The standard InChI is InChI=1S/C16H16N4O5/c21-15(19-7-8-2-1-3-10(8)14(19)16(22)23)13-11-6-9(20(24)25)4-5-12(11)17-18-13/h4-6,8,10,14H,1-3,7H2,(H,17,18)(H,22,23). The number of hydrogen-bond donors (Lipinski definition) is 2. The van der Waals surface area contributed by atoms with Crippen LogP contribution < -0.4 is 0 Å². The molecule has 2 fully saturated rings. The molecule has 2 heterocycles. The molecule has 1 aliphatic heterocycles. The van der Waals surface area contributed by atoms with E-state index in [9.17, 15) is 24.8 Å². The fourth-order valence-corrected chi connectivity index (χ4v) is 4.25. The molecule has 130 valence electrons. The van der Waals surface area contributed by atoms with Gasteiger partial charge in [0, 0.05) is 24.1 Å². The molecule has 3 atom stereocenters. The summed E-state index contributed by atoms with van der Waals surface area (Å²) in [4.78, 5) is 36.5. The average molecular weight is 344 g/mol. The van der Waals surface area contributed by atoms with Crippen LogP contribution in [0.2, 0.25) is 0 Å². The summed E-state index contributed by atoms with van der Waals surface area (Å²) in [6, 6.07) is 3.25. The third-order valence-electron chi connectivity index (χ3n) is 5.36. The number of aromatic nitrogens is 2. The smallest absolute Gasteiger partial charge is 0.326 e. The zero-order valence-corrected chi connectivity index (χ0v) is 13.2. The number of aliphatic carboxylic acids is 1. The average Bonchev–Trinajstić information content (AvgIpc) is 3.26. The Labute approximate surface area is 141 Å². The van der Waals surface area contributed by atoms with Crippen molar-refractivity contribution < 1.29 is 19.6 Å². The van der Waals surface area contributed by atoms with E-state index >= 15 is 0 Å². The molecular formula is C16H16N4O5. The van der Waals surface area contributed by atoms with Crippen LogP contribution in [0.15, 0.2) is 18.2 Å². The van der Waals surface area contributed by atoms with Crippen molar-refractivity contribution >= 4 is 28.5 Å². The van der Waals surface area contributed by atoms with Crippen LogP contribution in [0.5, 0.6) is 0 Å². The van der Waals surface area contributed by atoms with Crippen molar-refractivity contribution in [2.75, 3.05) is 6.54 Å². The van der Waals surface area contributed by atoms with E-state index in [1.54, 1.807) is 0 Å². The molecule has 4 rings (SSSR count). The van der Waals surface area contributed by atoms with Crippen molar-refractivity contribution in [2.45, 2.75) is 25.3 Å². The lowest BCUT2D eigenvalue weighted by Gasteiger charge is -2.23. The number of nitro groups is 1. The number of hydrogen-bond acceptors (Lipinski definition) is 5. The lowest BCUT2D eigenvalue weighted by Crippen LogP contribution is -2.43. The molecule has 1 saturated heterocycles. The summed E-state index contributed by atoms with van der Waals surface area (Å²) in [7, 11) is 0. The number of fused-ring (bicyclic) bond motifs is 2. The third-order valence-corrected chi connectivity index (χ3v) is 5.36. The Balaban J connectivity index is 1.73. The molecule has 25 heavy (non-hydrogen) atoms. The molecule has 1 aliphatic carbocycles. The highest BCUT2D eigenvalue weighted by atomic mass is 16.6. The van der Waals surface area contributed by atoms with E-state index in [2.05, 4.69) is 10.2 Å². The monoisotopic (exact) mass is 344 g/mol. The largest absolute Gasteiger partial charge is 0.480 e. The third kappa shape index (κ3) is 2.34. The van der Waals surface area contributed by atoms with Gasteiger partial charge in [0.1, 0.15) is 6.04 Å². The Morgan fingerprint density at radius 1 is 1.36 bits per heavy atom. The highest BCUT2D eigenvalue weighted by molar-refractivity contribution is 6.06. The van der Waals surface area contributed by atoms with Crippen LogP contribution in [-0.4, -0.2) is 49.6 Å². The summed E-state index contributed by atoms with van der Waals surface area (Å²) in [5.41, 5.74) is 0.390. The summed E-state index contributed by atoms with van der Waals surface area (Å²) in [5.74, 6) is -1.33. The predicted molar refractivity (Wildman–Crippen MR) is 86.0 cm³/mol. The minimum absolute atomic E-state index is 0.0269. The molecule has 1 aromatic heterocycles. The van der Waals surface area contributed by atoms with E-state index in [-0.39, 0.29) is 23.2 Å². The number of carboxylic acids is 1. The first-order chi connectivity index (χ1) is 12.0. The molecule has 0 radical (unpaired) electrons. The second-order valence-electron chi connectivity index (χ2n) is 6.65. The fraction of sp³-hybridized carbons (Fsp3) is 0.438. The van der Waals surface area contributed by atoms with Crippen LogP contribution in [0, 0.1) is 22.0 Å². The Morgan fingerprint density at radius 2 is 2.16 bits per heavy atom. The van der Waals surface area contributed by atoms with Crippen LogP contribution in [-0.2, 0) is 4.79 Å². The molecule has 1 aromatic carbocycles. The van der Waals surface area contributed by atoms with Crippen LogP contribution in [0.3, 0.4) is 0 Å². The molecule has 2 aromatic rings. The highest BCUT2D eigenvalue weighted by Crippen LogP contribution is 2.43. The van der Waals surface area contributed by atoms with Crippen molar-refractivity contribution in [2.24, 2.45) is 11.8 Å². The maximum absolute atomic E-state index is 13.0. The molecule has 1 amide bonds. The van der Waals surface area contributed by atoms with Gasteiger partial charge in [-0.2, -0.15) is 5.10 Å². The first-order valence-corrected chi connectivity index (χ1v) is 8.13. The van der Waals surface area contributed by atoms with Crippen molar-refractivity contribution in [1.29, 1.82) is 0 Å². The first-order valence-electron chi connectivity index (χ1n) is 8.13. The van der Waals surface area contributed by atoms with Gasteiger partial charge in [-0.15, -0.1) is 0 Å². The zero-order chi connectivity index (χ0) is 17.7. The van der Waals surface area contributed by atoms with E-state index in [1.807, 2.05) is 0 Å². The fourth-order valence-electron chi connectivity index (χ4n) is 4.25. The van der Waals surface area contributed by atoms with E-state index < -0.39 is 22.8 Å². The number of nitrogens with zero attached hydrogens (tertiary/aromatic N) is 3. The van der Waals surface area contributed by atoms with Crippen molar-refractivity contribution in [3.8, 4) is 0 Å². The highest BCUT2D eigenvalue weighted by Gasteiger charge is 2.50. The quantitative estimate of drug-likeness (QED) is 0.645. The SMILES string of the molecule is O=C(O)C1C2CCCC2CN1C(=O)c1n[nH]c2ccc([N+](=O)[O-])cc12. The maximum Gasteiger partial charge on any atom is 0.326 e. The van der Waals surface area contributed by atoms with Crippen LogP contribution in [0.25, 0.3) is 10.9 Å². The number of rotatable bonds is 3. The van der Waals surface area contributed by atoms with E-state index in [0.717, 1.165) is 19.3 Å². The number of likely N-dealkylation sites (tertiary alicyclic amines) is 1. The summed E-state index contributed by atoms with van der Waals surface area (Å²) in [6.45, 7) is 0.393. The molecule has 0 bridgehead atoms. The van der Waals surface area contributed by atoms with Gasteiger partial charge in [0.05, 0.1) is 10.4 Å². The predicted octanol–water partition coefficient (Wildman–Crippen LogP) is 1.80. The van der Waals surface area contributed by atoms with Crippen LogP contribution >= 0.6 is 0 Å². The summed E-state index contributed by atoms with van der Waals surface area (Å²) < 4.78 is 0. The van der Waals surface area contributed by atoms with Gasteiger partial charge in [-0.1, -0.05) is 6.42 Å². The number of carbonyl (C=O) groups is 2. The van der Waals surface area contributed by atoms with Gasteiger partial charge in [-0.3, -0.25) is 20.0 Å². The Bertz CT molecular complexity index is 892. The summed E-state index contributed by atoms with van der Waals surface area (Å²) in [6.07, 6.45) is 2.71. The van der Waals surface area contributed by atoms with Gasteiger partial charge in [0.2, 0.25) is 0 Å². The minimum atomic E-state index is -1.01. The van der Waals surface area contributed by atoms with Crippen LogP contribution in [0.1, 0.15) is 29.8 Å². The number of nitrogens with one attached hydrogen (secondary N) is 1. The molecular weight excluding hydrogens is 328 g/mol. The number of H-pyrrole nitrogens is 1. The normalized spacial score (nSPS) is 25.3. The second-order valence-corrected chi connectivity index (χ2v) is 6.65. The van der Waals surface area contributed by atoms with E-state index in [0.29, 0.717) is 17.4 Å². The minimum Gasteiger partial charge on any atom is -0.480 e. The Morgan fingerprint density at radius 3 is 2.88 bits per heavy atom. The topological polar surface area (TPSA) is 129 Å². The summed E-state index contributed by atoms with van der Waals surface area (Å²) >= 11 is 0. The molecule has 2 N–H and O–H groups in total. The van der Waals surface area contributed by atoms with Gasteiger partial charge >= 0.3 is 5.97 Å². The number of amides is 1. The van der Waals surface area contributed by atoms with Gasteiger partial charge in [0.25, 0.3) is 11.6 Å². The number of nitro benzene ring substituents is 1. The number of non-ortho nitro benzene ring substituents is 1. The van der Waals surface area contributed by atoms with E-state index in [1.165, 1.54) is 23.1 Å². The lowest BCUT2D eigenvalue weighted by molar-refractivity contribution is -0.384. The van der Waals surface area contributed by atoms with E-state index in [4.69, 9.17) is 0 Å². The lowest BCUT2D eigenvalue weighted by atomic mass is 9.94. The molecule has 1 saturated carbocycles. The van der Waals surface area contributed by atoms with Gasteiger partial charge < -0.3 is 10.0 Å². The maximum atomic E-state index is 13.0. The number of benzene rings is 1. The van der Waals surface area contributed by atoms with Crippen molar-refractivity contribution in [3.63, 3.8) is 0 Å². The molecule has 2 aliphatic rings. The number of aromatic amines is 1. The van der Waals surface area contributed by atoms with Crippen LogP contribution in [0.4, 0.5) is 5.69 Å². The number of carbonyl (C=O) groups excluding carboxylic acids is 1. The molecule has 9 heteroatoms. The Hall–Kier alpha value is -2.97. The van der Waals surface area contributed by atoms with Gasteiger partial charge in [-0.05, 0) is 30.7 Å². The Kier molecular flexibility index (Phi) is 3.45. The van der Waals surface area contributed by atoms with Crippen molar-refractivity contribution in [1.82, 2.24) is 15.1 Å². The molecule has 3 unspecified atom stereocenters. The zero-order valence-electron chi connectivity index (χ0n) is 13.2. The van der Waals surface area contributed by atoms with Gasteiger partial charge in [0.15, 0.2) is 5.69 Å². The number of carboxylic acid groups (broad SMARTS) is 1. The van der Waals surface area contributed by atoms with Crippen molar-refractivity contribution in [3.05, 3.63) is 34.0 Å². The molecule has 0 spiro atoms. The summed E-state index contributed by atoms with van der Waals surface area (Å²) in [5, 5.41) is 27.6. The molecule has 9 nitrogen and oxygen atoms in total. The first kappa shape index (κ1) is 15.6. The van der Waals surface area contributed by atoms with Gasteiger partial charge in [-0.25, -0.2) is 4.79 Å². The second kappa shape index (κ2) is 5.54.